The second-order valence-corrected chi connectivity index (χ2v) is 11.1. The van der Waals surface area contributed by atoms with Gasteiger partial charge in [-0.2, -0.15) is 0 Å². The van der Waals surface area contributed by atoms with Gasteiger partial charge in [0.05, 0.1) is 26.4 Å². The number of hydrogen-bond acceptors (Lipinski definition) is 3. The van der Waals surface area contributed by atoms with Crippen LogP contribution in [0.1, 0.15) is 47.0 Å². The van der Waals surface area contributed by atoms with Gasteiger partial charge in [0.25, 0.3) is 0 Å². The Morgan fingerprint density at radius 3 is 2.35 bits per heavy atom. The number of carbonyl (C=O) groups excluding carboxylic acids is 1. The molecule has 134 valence electrons. The van der Waals surface area contributed by atoms with Crippen LogP contribution >= 0.6 is 0 Å². The molecule has 2 aliphatic rings. The molecule has 5 nitrogen and oxygen atoms in total. The summed E-state index contributed by atoms with van der Waals surface area (Å²) < 4.78 is 28.1. The SMILES string of the molecule is C[NH+](C)CC(C)(C)CNS(=O)(=O)C[C@]12CC[C@H](CC1=O)C2(C)C. The molecule has 2 rings (SSSR count). The molecule has 0 amide bonds. The Morgan fingerprint density at radius 1 is 1.30 bits per heavy atom. The lowest BCUT2D eigenvalue weighted by Crippen LogP contribution is -3.07. The zero-order chi connectivity index (χ0) is 17.7. The first-order valence-electron chi connectivity index (χ1n) is 8.61. The summed E-state index contributed by atoms with van der Waals surface area (Å²) in [5.41, 5.74) is -1.00. The fourth-order valence-electron chi connectivity index (χ4n) is 4.81. The van der Waals surface area contributed by atoms with E-state index in [-0.39, 0.29) is 22.4 Å². The molecule has 23 heavy (non-hydrogen) atoms. The molecule has 0 aromatic rings. The molecular weight excluding hydrogens is 312 g/mol. The van der Waals surface area contributed by atoms with Crippen molar-refractivity contribution in [3.05, 3.63) is 0 Å². The Hall–Kier alpha value is -0.460. The molecule has 0 saturated heterocycles. The molecule has 0 radical (unpaired) electrons. The molecule has 2 fully saturated rings. The molecule has 2 N–H and O–H groups in total. The summed E-state index contributed by atoms with van der Waals surface area (Å²) >= 11 is 0. The van der Waals surface area contributed by atoms with Crippen molar-refractivity contribution in [2.45, 2.75) is 47.0 Å². The quantitative estimate of drug-likeness (QED) is 0.705. The standard InChI is InChI=1S/C17H32N2O3S/c1-15(2,11-19(5)6)10-18-23(21,22)12-17-8-7-13(9-14(17)20)16(17,3)4/h13,18H,7-12H2,1-6H3/p+1/t13-,17-/m1/s1. The molecule has 0 unspecified atom stereocenters. The van der Waals surface area contributed by atoms with Gasteiger partial charge in [-0.05, 0) is 24.2 Å². The van der Waals surface area contributed by atoms with Crippen LogP contribution in [0.15, 0.2) is 0 Å². The number of fused-ring (bicyclic) bond motifs is 2. The minimum absolute atomic E-state index is 0.0484. The van der Waals surface area contributed by atoms with Gasteiger partial charge in [0.2, 0.25) is 10.0 Å². The molecule has 0 aliphatic heterocycles. The van der Waals surface area contributed by atoms with Gasteiger partial charge in [-0.15, -0.1) is 0 Å². The van der Waals surface area contributed by atoms with E-state index in [1.807, 2.05) is 0 Å². The van der Waals surface area contributed by atoms with Crippen LogP contribution in [0, 0.1) is 22.2 Å². The molecule has 0 heterocycles. The second kappa shape index (κ2) is 5.81. The smallest absolute Gasteiger partial charge is 0.212 e. The van der Waals surface area contributed by atoms with Crippen molar-refractivity contribution in [3.63, 3.8) is 0 Å². The number of rotatable bonds is 7. The predicted octanol–water partition coefficient (Wildman–Crippen LogP) is 0.472. The van der Waals surface area contributed by atoms with Crippen molar-refractivity contribution in [2.24, 2.45) is 22.2 Å². The predicted molar refractivity (Wildman–Crippen MR) is 91.8 cm³/mol. The van der Waals surface area contributed by atoms with Crippen molar-refractivity contribution in [2.75, 3.05) is 32.9 Å². The minimum atomic E-state index is -3.46. The van der Waals surface area contributed by atoms with Crippen molar-refractivity contribution >= 4 is 15.8 Å². The second-order valence-electron chi connectivity index (χ2n) is 9.29. The third-order valence-corrected chi connectivity index (χ3v) is 7.64. The number of quaternary nitrogens is 1. The van der Waals surface area contributed by atoms with E-state index in [0.29, 0.717) is 18.9 Å². The summed E-state index contributed by atoms with van der Waals surface area (Å²) in [6, 6.07) is 0. The van der Waals surface area contributed by atoms with E-state index in [4.69, 9.17) is 0 Å². The van der Waals surface area contributed by atoms with Crippen molar-refractivity contribution in [1.82, 2.24) is 4.72 Å². The van der Waals surface area contributed by atoms with Crippen LogP contribution in [0.4, 0.5) is 0 Å². The first kappa shape index (κ1) is 18.9. The van der Waals surface area contributed by atoms with Gasteiger partial charge in [-0.3, -0.25) is 4.79 Å². The van der Waals surface area contributed by atoms with Crippen LogP contribution in [0.3, 0.4) is 0 Å². The van der Waals surface area contributed by atoms with Crippen LogP contribution in [0.5, 0.6) is 0 Å². The number of ketones is 1. The Labute approximate surface area is 141 Å². The molecule has 0 spiro atoms. The first-order chi connectivity index (χ1) is 10.3. The highest BCUT2D eigenvalue weighted by atomic mass is 32.2. The topological polar surface area (TPSA) is 67.7 Å². The summed E-state index contributed by atoms with van der Waals surface area (Å²) in [6.07, 6.45) is 2.25. The third kappa shape index (κ3) is 3.49. The fraction of sp³-hybridized carbons (Fsp3) is 0.941. The average Bonchev–Trinajstić information content (AvgIpc) is 2.69. The van der Waals surface area contributed by atoms with Gasteiger partial charge in [-0.25, -0.2) is 13.1 Å². The molecule has 2 bridgehead atoms. The van der Waals surface area contributed by atoms with Crippen molar-refractivity contribution in [1.29, 1.82) is 0 Å². The highest BCUT2D eigenvalue weighted by Crippen LogP contribution is 2.64. The summed E-state index contributed by atoms with van der Waals surface area (Å²) in [7, 11) is 0.664. The number of Topliss-reactive ketones (excluding diaryl/α,β-unsaturated/α-hetero) is 1. The van der Waals surface area contributed by atoms with E-state index in [1.54, 1.807) is 0 Å². The van der Waals surface area contributed by atoms with Crippen molar-refractivity contribution in [3.8, 4) is 0 Å². The van der Waals surface area contributed by atoms with E-state index in [9.17, 15) is 13.2 Å². The molecule has 0 aromatic heterocycles. The number of nitrogens with one attached hydrogen (secondary N) is 2. The Bertz CT molecular complexity index is 581. The monoisotopic (exact) mass is 345 g/mol. The molecule has 2 aliphatic carbocycles. The lowest BCUT2D eigenvalue weighted by Gasteiger charge is -2.36. The number of hydrogen-bond donors (Lipinski definition) is 2. The zero-order valence-corrected chi connectivity index (χ0v) is 16.3. The van der Waals surface area contributed by atoms with Crippen LogP contribution in [-0.4, -0.2) is 47.1 Å². The fourth-order valence-corrected chi connectivity index (χ4v) is 6.85. The normalized spacial score (nSPS) is 30.4. The maximum atomic E-state index is 12.7. The van der Waals surface area contributed by atoms with Crippen LogP contribution in [0.2, 0.25) is 0 Å². The highest BCUT2D eigenvalue weighted by Gasteiger charge is 2.65. The van der Waals surface area contributed by atoms with Gasteiger partial charge in [0, 0.05) is 23.8 Å². The largest absolute Gasteiger partial charge is 0.339 e. The highest BCUT2D eigenvalue weighted by molar-refractivity contribution is 7.89. The van der Waals surface area contributed by atoms with Gasteiger partial charge >= 0.3 is 0 Å². The van der Waals surface area contributed by atoms with E-state index in [1.165, 1.54) is 4.90 Å². The summed E-state index contributed by atoms with van der Waals surface area (Å²) in [4.78, 5) is 13.8. The van der Waals surface area contributed by atoms with Crippen LogP contribution < -0.4 is 9.62 Å². The van der Waals surface area contributed by atoms with Crippen LogP contribution in [-0.2, 0) is 14.8 Å². The molecule has 2 saturated carbocycles. The van der Waals surface area contributed by atoms with E-state index >= 15 is 0 Å². The van der Waals surface area contributed by atoms with Gasteiger partial charge in [0.1, 0.15) is 5.78 Å². The summed E-state index contributed by atoms with van der Waals surface area (Å²) in [6.45, 7) is 9.57. The Kier molecular flexibility index (Phi) is 4.77. The van der Waals surface area contributed by atoms with E-state index in [0.717, 1.165) is 19.4 Å². The maximum absolute atomic E-state index is 12.7. The van der Waals surface area contributed by atoms with Gasteiger partial charge in [0.15, 0.2) is 0 Å². The lowest BCUT2D eigenvalue weighted by molar-refractivity contribution is -0.865. The molecule has 0 aromatic carbocycles. The summed E-state index contributed by atoms with van der Waals surface area (Å²) in [5, 5.41) is 0. The molecule has 6 heteroatoms. The summed E-state index contributed by atoms with van der Waals surface area (Å²) in [5.74, 6) is 0.452. The minimum Gasteiger partial charge on any atom is -0.339 e. The molecule has 2 atom stereocenters. The number of carbonyl (C=O) groups is 1. The molecular formula is C17H33N2O3S+. The first-order valence-corrected chi connectivity index (χ1v) is 10.3. The van der Waals surface area contributed by atoms with Gasteiger partial charge < -0.3 is 4.90 Å². The third-order valence-electron chi connectivity index (χ3n) is 6.18. The average molecular weight is 346 g/mol. The maximum Gasteiger partial charge on any atom is 0.212 e. The van der Waals surface area contributed by atoms with E-state index in [2.05, 4.69) is 46.5 Å². The van der Waals surface area contributed by atoms with E-state index < -0.39 is 15.4 Å². The number of sulfonamides is 1. The zero-order valence-electron chi connectivity index (χ0n) is 15.5. The Balaban J connectivity index is 2.08. The van der Waals surface area contributed by atoms with Gasteiger partial charge in [-0.1, -0.05) is 27.7 Å². The lowest BCUT2D eigenvalue weighted by atomic mass is 9.70. The van der Waals surface area contributed by atoms with Crippen molar-refractivity contribution < 1.29 is 18.1 Å². The van der Waals surface area contributed by atoms with Crippen LogP contribution in [0.25, 0.3) is 0 Å². The Morgan fingerprint density at radius 2 is 1.91 bits per heavy atom.